The second-order valence-electron chi connectivity index (χ2n) is 2.50. The molecule has 0 aromatic carbocycles. The number of nitrogens with two attached hydrogens (primary N) is 1. The summed E-state index contributed by atoms with van der Waals surface area (Å²) in [7, 11) is 1.35. The van der Waals surface area contributed by atoms with Crippen LogP contribution in [0.3, 0.4) is 0 Å². The van der Waals surface area contributed by atoms with Gasteiger partial charge in [0, 0.05) is 5.75 Å². The molecule has 0 aliphatic rings. The molecule has 0 rings (SSSR count). The van der Waals surface area contributed by atoms with Gasteiger partial charge in [0.05, 0.1) is 18.8 Å². The highest BCUT2D eigenvalue weighted by molar-refractivity contribution is 8.00. The number of hydrogen-bond donors (Lipinski definition) is 1. The molecule has 13 heavy (non-hydrogen) atoms. The number of amides is 1. The van der Waals surface area contributed by atoms with Crippen molar-refractivity contribution in [3.05, 3.63) is 0 Å². The fraction of sp³-hybridized carbons (Fsp3) is 0.750. The number of thioether (sulfide) groups is 1. The van der Waals surface area contributed by atoms with E-state index in [1.807, 2.05) is 6.92 Å². The van der Waals surface area contributed by atoms with Crippen LogP contribution in [0.15, 0.2) is 0 Å². The van der Waals surface area contributed by atoms with Crippen LogP contribution < -0.4 is 5.73 Å². The first-order valence-electron chi connectivity index (χ1n) is 4.09. The fourth-order valence-electron chi connectivity index (χ4n) is 0.788. The third-order valence-electron chi connectivity index (χ3n) is 1.54. The first kappa shape index (κ1) is 12.3. The molecule has 0 heterocycles. The van der Waals surface area contributed by atoms with Gasteiger partial charge in [-0.3, -0.25) is 9.59 Å². The van der Waals surface area contributed by atoms with E-state index in [2.05, 4.69) is 4.74 Å². The zero-order valence-electron chi connectivity index (χ0n) is 7.91. The van der Waals surface area contributed by atoms with E-state index in [9.17, 15) is 9.59 Å². The predicted molar refractivity (Wildman–Crippen MR) is 52.4 cm³/mol. The van der Waals surface area contributed by atoms with Crippen molar-refractivity contribution in [2.24, 2.45) is 5.73 Å². The molecular formula is C8H15NO3S. The van der Waals surface area contributed by atoms with Crippen molar-refractivity contribution in [3.8, 4) is 0 Å². The smallest absolute Gasteiger partial charge is 0.306 e. The van der Waals surface area contributed by atoms with Gasteiger partial charge in [-0.05, 0) is 6.42 Å². The van der Waals surface area contributed by atoms with Gasteiger partial charge in [0.2, 0.25) is 5.91 Å². The average Bonchev–Trinajstić information content (AvgIpc) is 2.11. The Morgan fingerprint density at radius 3 is 2.54 bits per heavy atom. The lowest BCUT2D eigenvalue weighted by atomic mass is 10.3. The molecular weight excluding hydrogens is 190 g/mol. The largest absolute Gasteiger partial charge is 0.469 e. The van der Waals surface area contributed by atoms with Gasteiger partial charge in [0.25, 0.3) is 0 Å². The lowest BCUT2D eigenvalue weighted by Crippen LogP contribution is -2.25. The molecule has 0 aromatic rings. The summed E-state index contributed by atoms with van der Waals surface area (Å²) in [5.74, 6) is -0.00195. The van der Waals surface area contributed by atoms with Gasteiger partial charge in [0.1, 0.15) is 0 Å². The molecule has 0 saturated heterocycles. The van der Waals surface area contributed by atoms with E-state index in [1.165, 1.54) is 18.9 Å². The SMILES string of the molecule is CCC(SCCC(=O)OC)C(N)=O. The summed E-state index contributed by atoms with van der Waals surface area (Å²) in [6, 6.07) is 0. The number of methoxy groups -OCH3 is 1. The van der Waals surface area contributed by atoms with E-state index in [1.54, 1.807) is 0 Å². The van der Waals surface area contributed by atoms with Crippen molar-refractivity contribution in [1.29, 1.82) is 0 Å². The Labute approximate surface area is 82.2 Å². The van der Waals surface area contributed by atoms with Gasteiger partial charge >= 0.3 is 5.97 Å². The summed E-state index contributed by atoms with van der Waals surface area (Å²) in [6.07, 6.45) is 1.02. The fourth-order valence-corrected chi connectivity index (χ4v) is 1.76. The predicted octanol–water partition coefficient (Wildman–Crippen LogP) is 0.547. The van der Waals surface area contributed by atoms with Crippen LogP contribution in [0, 0.1) is 0 Å². The van der Waals surface area contributed by atoms with E-state index in [-0.39, 0.29) is 17.1 Å². The highest BCUT2D eigenvalue weighted by Crippen LogP contribution is 2.14. The second-order valence-corrected chi connectivity index (χ2v) is 3.81. The monoisotopic (exact) mass is 205 g/mol. The van der Waals surface area contributed by atoms with Crippen LogP contribution >= 0.6 is 11.8 Å². The third kappa shape index (κ3) is 5.52. The summed E-state index contributed by atoms with van der Waals surface area (Å²) < 4.78 is 4.46. The maximum Gasteiger partial charge on any atom is 0.306 e. The number of esters is 1. The molecule has 0 fully saturated rings. The Morgan fingerprint density at radius 1 is 1.54 bits per heavy atom. The third-order valence-corrected chi connectivity index (χ3v) is 2.95. The van der Waals surface area contributed by atoms with Crippen molar-refractivity contribution in [1.82, 2.24) is 0 Å². The van der Waals surface area contributed by atoms with Gasteiger partial charge in [-0.25, -0.2) is 0 Å². The molecule has 4 nitrogen and oxygen atoms in total. The molecule has 76 valence electrons. The Kier molecular flexibility index (Phi) is 6.40. The zero-order valence-corrected chi connectivity index (χ0v) is 8.73. The highest BCUT2D eigenvalue weighted by Gasteiger charge is 2.13. The van der Waals surface area contributed by atoms with Gasteiger partial charge in [-0.2, -0.15) is 0 Å². The summed E-state index contributed by atoms with van der Waals surface area (Å²) in [5.41, 5.74) is 5.12. The molecule has 0 saturated carbocycles. The van der Waals surface area contributed by atoms with Gasteiger partial charge in [-0.15, -0.1) is 11.8 Å². The van der Waals surface area contributed by atoms with E-state index in [0.29, 0.717) is 18.6 Å². The summed E-state index contributed by atoms with van der Waals surface area (Å²) in [6.45, 7) is 1.89. The number of ether oxygens (including phenoxy) is 1. The maximum atomic E-state index is 10.8. The number of rotatable bonds is 6. The lowest BCUT2D eigenvalue weighted by molar-refractivity contribution is -0.140. The standard InChI is InChI=1S/C8H15NO3S/c1-3-6(8(9)11)13-5-4-7(10)12-2/h6H,3-5H2,1-2H3,(H2,9,11). The Bertz CT molecular complexity index is 184. The minimum absolute atomic E-state index is 0.190. The summed E-state index contributed by atoms with van der Waals surface area (Å²) in [5, 5.41) is -0.190. The number of carbonyl (C=O) groups excluding carboxylic acids is 2. The lowest BCUT2D eigenvalue weighted by Gasteiger charge is -2.08. The van der Waals surface area contributed by atoms with E-state index >= 15 is 0 Å². The molecule has 1 atom stereocenters. The van der Waals surface area contributed by atoms with Crippen LogP contribution in [0.4, 0.5) is 0 Å². The normalized spacial score (nSPS) is 12.2. The molecule has 0 aliphatic carbocycles. The van der Waals surface area contributed by atoms with Crippen LogP contribution in [0.1, 0.15) is 19.8 Å². The molecule has 0 bridgehead atoms. The van der Waals surface area contributed by atoms with Crippen LogP contribution in [0.5, 0.6) is 0 Å². The number of hydrogen-bond acceptors (Lipinski definition) is 4. The summed E-state index contributed by atoms with van der Waals surface area (Å²) >= 11 is 1.40. The van der Waals surface area contributed by atoms with Gasteiger partial charge in [-0.1, -0.05) is 6.92 Å². The Hall–Kier alpha value is -0.710. The topological polar surface area (TPSA) is 69.4 Å². The minimum atomic E-state index is -0.322. The second kappa shape index (κ2) is 6.77. The minimum Gasteiger partial charge on any atom is -0.469 e. The van der Waals surface area contributed by atoms with Crippen LogP contribution in [-0.2, 0) is 14.3 Å². The molecule has 0 radical (unpaired) electrons. The summed E-state index contributed by atoms with van der Waals surface area (Å²) in [4.78, 5) is 21.5. The Balaban J connectivity index is 3.61. The first-order valence-corrected chi connectivity index (χ1v) is 5.14. The van der Waals surface area contributed by atoms with Crippen molar-refractivity contribution < 1.29 is 14.3 Å². The van der Waals surface area contributed by atoms with Crippen LogP contribution in [0.2, 0.25) is 0 Å². The molecule has 2 N–H and O–H groups in total. The maximum absolute atomic E-state index is 10.8. The zero-order chi connectivity index (χ0) is 10.3. The number of carbonyl (C=O) groups is 2. The Morgan fingerprint density at radius 2 is 2.15 bits per heavy atom. The number of primary amides is 1. The highest BCUT2D eigenvalue weighted by atomic mass is 32.2. The molecule has 0 aromatic heterocycles. The molecule has 1 amide bonds. The molecule has 5 heteroatoms. The van der Waals surface area contributed by atoms with Crippen LogP contribution in [0.25, 0.3) is 0 Å². The molecule has 0 spiro atoms. The molecule has 1 unspecified atom stereocenters. The van der Waals surface area contributed by atoms with Crippen molar-refractivity contribution >= 4 is 23.6 Å². The van der Waals surface area contributed by atoms with E-state index in [4.69, 9.17) is 5.73 Å². The van der Waals surface area contributed by atoms with Crippen LogP contribution in [-0.4, -0.2) is 30.0 Å². The van der Waals surface area contributed by atoms with Crippen molar-refractivity contribution in [2.45, 2.75) is 25.0 Å². The van der Waals surface area contributed by atoms with Gasteiger partial charge < -0.3 is 10.5 Å². The van der Waals surface area contributed by atoms with E-state index in [0.717, 1.165) is 0 Å². The van der Waals surface area contributed by atoms with Crippen molar-refractivity contribution in [3.63, 3.8) is 0 Å². The van der Waals surface area contributed by atoms with Crippen molar-refractivity contribution in [2.75, 3.05) is 12.9 Å². The molecule has 0 aliphatic heterocycles. The first-order chi connectivity index (χ1) is 6.11. The average molecular weight is 205 g/mol. The van der Waals surface area contributed by atoms with Gasteiger partial charge in [0.15, 0.2) is 0 Å². The quantitative estimate of drug-likeness (QED) is 0.643. The van der Waals surface area contributed by atoms with E-state index < -0.39 is 0 Å².